The third-order valence-corrected chi connectivity index (χ3v) is 6.99. The summed E-state index contributed by atoms with van der Waals surface area (Å²) in [4.78, 5) is 26.7. The molecule has 0 aliphatic carbocycles. The van der Waals surface area contributed by atoms with E-state index in [-0.39, 0.29) is 42.1 Å². The average Bonchev–Trinajstić information content (AvgIpc) is 2.97. The van der Waals surface area contributed by atoms with Gasteiger partial charge in [-0.25, -0.2) is 9.37 Å². The molecule has 1 unspecified atom stereocenters. The molecule has 2 aromatic carbocycles. The topological polar surface area (TPSA) is 82.0 Å². The second-order valence-corrected chi connectivity index (χ2v) is 11.4. The van der Waals surface area contributed by atoms with E-state index in [9.17, 15) is 35.5 Å². The first-order valence-electron chi connectivity index (χ1n) is 14.5. The molecular formula is C32H40F7N5O3. The number of likely N-dealkylation sites (N-methyl/N-ethyl adjacent to an activating group) is 1. The molecular weight excluding hydrogens is 635 g/mol. The van der Waals surface area contributed by atoms with Crippen molar-refractivity contribution in [1.82, 2.24) is 24.7 Å². The second-order valence-electron chi connectivity index (χ2n) is 11.4. The molecule has 0 aliphatic heterocycles. The Morgan fingerprint density at radius 3 is 2.00 bits per heavy atom. The first kappa shape index (κ1) is 39.4. The molecule has 260 valence electrons. The van der Waals surface area contributed by atoms with Crippen LogP contribution in [0.15, 0.2) is 42.6 Å². The van der Waals surface area contributed by atoms with Crippen molar-refractivity contribution in [2.45, 2.75) is 45.2 Å². The largest absolute Gasteiger partial charge is 0.463 e. The number of benzene rings is 2. The Kier molecular flexibility index (Phi) is 14.1. The summed E-state index contributed by atoms with van der Waals surface area (Å²) < 4.78 is 99.2. The maximum Gasteiger partial charge on any atom is 0.416 e. The van der Waals surface area contributed by atoms with Crippen LogP contribution in [0.25, 0.3) is 11.1 Å². The molecule has 3 rings (SSSR count). The van der Waals surface area contributed by atoms with E-state index in [0.717, 1.165) is 4.90 Å². The molecule has 0 bridgehead atoms. The molecule has 1 heterocycles. The molecule has 3 aromatic rings. The van der Waals surface area contributed by atoms with Gasteiger partial charge in [-0.05, 0) is 95.5 Å². The molecule has 0 spiro atoms. The Hall–Kier alpha value is -3.82. The number of rotatable bonds is 11. The fraction of sp³-hybridized carbons (Fsp3) is 0.469. The predicted octanol–water partition coefficient (Wildman–Crippen LogP) is 6.16. The van der Waals surface area contributed by atoms with Crippen LogP contribution in [0.3, 0.4) is 0 Å². The zero-order chi connectivity index (χ0) is 35.7. The van der Waals surface area contributed by atoms with Gasteiger partial charge in [-0.2, -0.15) is 31.3 Å². The summed E-state index contributed by atoms with van der Waals surface area (Å²) in [5, 5.41) is 8.46. The summed E-state index contributed by atoms with van der Waals surface area (Å²) in [5.74, 6) is -1.33. The highest BCUT2D eigenvalue weighted by Gasteiger charge is 2.37. The van der Waals surface area contributed by atoms with Crippen molar-refractivity contribution in [2.75, 3.05) is 55.0 Å². The van der Waals surface area contributed by atoms with E-state index < -0.39 is 41.7 Å². The van der Waals surface area contributed by atoms with Crippen molar-refractivity contribution in [3.05, 3.63) is 76.4 Å². The number of carbonyl (C=O) groups excluding carboxylic acids is 1. The summed E-state index contributed by atoms with van der Waals surface area (Å²) in [5.41, 5.74) is -2.52. The van der Waals surface area contributed by atoms with Gasteiger partial charge in [-0.1, -0.05) is 6.07 Å². The highest BCUT2D eigenvalue weighted by Crippen LogP contribution is 2.37. The molecule has 8 nitrogen and oxygen atoms in total. The van der Waals surface area contributed by atoms with Crippen LogP contribution >= 0.6 is 0 Å². The SMILES string of the molecule is CC(CO)N(C)C.Cc1cc(F)ccc1-c1cnc(OCCCN(C)C)nc1C(=O)N(C)Cc1cc(C(F)(F)F)cc(C(F)(F)F)c1. The number of aryl methyl sites for hydroxylation is 1. The Bertz CT molecular complexity index is 1450. The van der Waals surface area contributed by atoms with Crippen LogP contribution in [-0.4, -0.2) is 96.7 Å². The number of nitrogens with zero attached hydrogens (tertiary/aromatic N) is 5. The van der Waals surface area contributed by atoms with E-state index in [4.69, 9.17) is 9.84 Å². The van der Waals surface area contributed by atoms with E-state index in [0.29, 0.717) is 42.3 Å². The number of halogens is 7. The van der Waals surface area contributed by atoms with Crippen molar-refractivity contribution in [2.24, 2.45) is 0 Å². The zero-order valence-corrected chi connectivity index (χ0v) is 27.3. The fourth-order valence-corrected chi connectivity index (χ4v) is 4.07. The van der Waals surface area contributed by atoms with Gasteiger partial charge in [0.2, 0.25) is 0 Å². The first-order chi connectivity index (χ1) is 21.7. The minimum atomic E-state index is -5.03. The van der Waals surface area contributed by atoms with Crippen molar-refractivity contribution in [1.29, 1.82) is 0 Å². The first-order valence-corrected chi connectivity index (χ1v) is 14.5. The van der Waals surface area contributed by atoms with Gasteiger partial charge in [0.05, 0.1) is 24.3 Å². The summed E-state index contributed by atoms with van der Waals surface area (Å²) >= 11 is 0. The molecule has 1 amide bonds. The lowest BCUT2D eigenvalue weighted by Crippen LogP contribution is -2.28. The summed E-state index contributed by atoms with van der Waals surface area (Å²) in [6.45, 7) is 4.16. The van der Waals surface area contributed by atoms with E-state index in [1.54, 1.807) is 6.92 Å². The highest BCUT2D eigenvalue weighted by atomic mass is 19.4. The molecule has 0 saturated heterocycles. The molecule has 0 radical (unpaired) electrons. The normalized spacial score (nSPS) is 12.5. The van der Waals surface area contributed by atoms with E-state index in [1.165, 1.54) is 31.4 Å². The standard InChI is InChI=1S/C27H27F7N4O2.C5H13NO/c1-16-10-20(28)6-7-21(16)22-14-35-25(40-9-5-8-37(2)3)36-23(22)24(39)38(4)15-17-11-18(26(29,30)31)13-19(12-17)27(32,33)34;1-5(4-7)6(2)3/h6-7,10-14H,5,8-9,15H2,1-4H3;5,7H,4H2,1-3H3. The number of carbonyl (C=O) groups is 1. The number of hydrogen-bond acceptors (Lipinski definition) is 7. The zero-order valence-electron chi connectivity index (χ0n) is 27.3. The number of hydrogen-bond donors (Lipinski definition) is 1. The molecule has 0 fully saturated rings. The number of aliphatic hydroxyl groups is 1. The van der Waals surface area contributed by atoms with Gasteiger partial charge in [0.15, 0.2) is 0 Å². The van der Waals surface area contributed by atoms with Crippen LogP contribution < -0.4 is 4.74 Å². The maximum atomic E-state index is 13.7. The van der Waals surface area contributed by atoms with Gasteiger partial charge >= 0.3 is 18.4 Å². The minimum absolute atomic E-state index is 0.0189. The average molecular weight is 676 g/mol. The maximum absolute atomic E-state index is 13.7. The van der Waals surface area contributed by atoms with Gasteiger partial charge in [0, 0.05) is 37.9 Å². The number of aromatic nitrogens is 2. The number of alkyl halides is 6. The van der Waals surface area contributed by atoms with Crippen LogP contribution in [0.2, 0.25) is 0 Å². The lowest BCUT2D eigenvalue weighted by molar-refractivity contribution is -0.143. The molecule has 1 atom stereocenters. The van der Waals surface area contributed by atoms with Gasteiger partial charge < -0.3 is 24.5 Å². The lowest BCUT2D eigenvalue weighted by atomic mass is 9.99. The van der Waals surface area contributed by atoms with Crippen LogP contribution in [-0.2, 0) is 18.9 Å². The number of amides is 1. The number of ether oxygens (including phenoxy) is 1. The van der Waals surface area contributed by atoms with Crippen molar-refractivity contribution in [3.63, 3.8) is 0 Å². The Labute approximate surface area is 269 Å². The Balaban J connectivity index is 0.000000984. The molecule has 0 saturated carbocycles. The van der Waals surface area contributed by atoms with Crippen LogP contribution in [0.4, 0.5) is 30.7 Å². The smallest absolute Gasteiger partial charge is 0.416 e. The molecule has 15 heteroatoms. The van der Waals surface area contributed by atoms with Crippen molar-refractivity contribution < 1.29 is 45.4 Å². The molecule has 1 N–H and O–H groups in total. The third kappa shape index (κ3) is 12.0. The minimum Gasteiger partial charge on any atom is -0.463 e. The molecule has 47 heavy (non-hydrogen) atoms. The predicted molar refractivity (Wildman–Crippen MR) is 163 cm³/mol. The van der Waals surface area contributed by atoms with E-state index in [1.807, 2.05) is 44.9 Å². The monoisotopic (exact) mass is 675 g/mol. The van der Waals surface area contributed by atoms with Gasteiger partial charge in [-0.15, -0.1) is 0 Å². The van der Waals surface area contributed by atoms with Crippen molar-refractivity contribution in [3.8, 4) is 17.1 Å². The van der Waals surface area contributed by atoms with Crippen LogP contribution in [0.1, 0.15) is 46.1 Å². The Morgan fingerprint density at radius 1 is 0.936 bits per heavy atom. The quantitative estimate of drug-likeness (QED) is 0.193. The highest BCUT2D eigenvalue weighted by molar-refractivity contribution is 5.99. The van der Waals surface area contributed by atoms with Crippen LogP contribution in [0.5, 0.6) is 6.01 Å². The van der Waals surface area contributed by atoms with E-state index in [2.05, 4.69) is 9.97 Å². The summed E-state index contributed by atoms with van der Waals surface area (Å²) in [7, 11) is 8.87. The van der Waals surface area contributed by atoms with Crippen molar-refractivity contribution >= 4 is 5.91 Å². The number of aliphatic hydroxyl groups excluding tert-OH is 1. The van der Waals surface area contributed by atoms with E-state index >= 15 is 0 Å². The third-order valence-electron chi connectivity index (χ3n) is 6.99. The molecule has 1 aromatic heterocycles. The van der Waals surface area contributed by atoms with Gasteiger partial charge in [0.25, 0.3) is 5.91 Å². The Morgan fingerprint density at radius 2 is 1.53 bits per heavy atom. The summed E-state index contributed by atoms with van der Waals surface area (Å²) in [6, 6.07) is 5.11. The van der Waals surface area contributed by atoms with Crippen LogP contribution in [0, 0.1) is 12.7 Å². The lowest BCUT2D eigenvalue weighted by Gasteiger charge is -2.21. The molecule has 0 aliphatic rings. The summed E-state index contributed by atoms with van der Waals surface area (Å²) in [6.07, 6.45) is -8.13. The second kappa shape index (κ2) is 16.8. The van der Waals surface area contributed by atoms with Gasteiger partial charge in [-0.3, -0.25) is 4.79 Å². The fourth-order valence-electron chi connectivity index (χ4n) is 4.07. The van der Waals surface area contributed by atoms with Gasteiger partial charge in [0.1, 0.15) is 11.5 Å².